The maximum Gasteiger partial charge on any atom is 0.270 e. The molecule has 7 heteroatoms. The van der Waals surface area contributed by atoms with Gasteiger partial charge in [0.2, 0.25) is 0 Å². The van der Waals surface area contributed by atoms with Crippen LogP contribution in [0.25, 0.3) is 22.0 Å². The zero-order valence-electron chi connectivity index (χ0n) is 17.8. The van der Waals surface area contributed by atoms with Crippen molar-refractivity contribution < 1.29 is 9.53 Å². The average Bonchev–Trinajstić information content (AvgIpc) is 3.55. The molecule has 1 saturated heterocycles. The maximum absolute atomic E-state index is 13.3. The van der Waals surface area contributed by atoms with E-state index in [1.807, 2.05) is 28.5 Å². The number of ether oxygens (including phenoxy) is 1. The van der Waals surface area contributed by atoms with Crippen molar-refractivity contribution in [3.63, 3.8) is 0 Å². The number of carbonyl (C=O) groups is 1. The Morgan fingerprint density at radius 3 is 2.69 bits per heavy atom. The highest BCUT2D eigenvalue weighted by molar-refractivity contribution is 7.14. The van der Waals surface area contributed by atoms with Crippen LogP contribution in [0, 0.1) is 0 Å². The van der Waals surface area contributed by atoms with Gasteiger partial charge in [-0.25, -0.2) is 4.98 Å². The van der Waals surface area contributed by atoms with Gasteiger partial charge in [0, 0.05) is 37.1 Å². The molecule has 1 fully saturated rings. The molecule has 0 unspecified atom stereocenters. The Bertz CT molecular complexity index is 1180. The lowest BCUT2D eigenvalue weighted by Crippen LogP contribution is -2.39. The highest BCUT2D eigenvalue weighted by Gasteiger charge is 2.22. The van der Waals surface area contributed by atoms with Crippen LogP contribution in [0.4, 0.5) is 5.13 Å². The minimum absolute atomic E-state index is 0.0291. The number of amides is 1. The summed E-state index contributed by atoms with van der Waals surface area (Å²) in [6.07, 6.45) is 0.905. The molecular weight excluding hydrogens is 438 g/mol. The van der Waals surface area contributed by atoms with Crippen molar-refractivity contribution in [1.29, 1.82) is 0 Å². The molecule has 0 bridgehead atoms. The second-order valence-electron chi connectivity index (χ2n) is 7.82. The fourth-order valence-electron chi connectivity index (χ4n) is 3.96. The summed E-state index contributed by atoms with van der Waals surface area (Å²) in [4.78, 5) is 23.2. The Morgan fingerprint density at radius 1 is 1.03 bits per heavy atom. The second-order valence-corrected chi connectivity index (χ2v) is 9.60. The quantitative estimate of drug-likeness (QED) is 0.368. The number of aromatic nitrogens is 1. The molecule has 0 atom stereocenters. The summed E-state index contributed by atoms with van der Waals surface area (Å²) in [6, 6.07) is 18.5. The van der Waals surface area contributed by atoms with Crippen LogP contribution in [0.3, 0.4) is 0 Å². The van der Waals surface area contributed by atoms with Gasteiger partial charge in [-0.15, -0.1) is 22.7 Å². The van der Waals surface area contributed by atoms with E-state index in [2.05, 4.69) is 46.7 Å². The van der Waals surface area contributed by atoms with Crippen LogP contribution in [0.15, 0.2) is 65.4 Å². The Balaban J connectivity index is 1.36. The van der Waals surface area contributed by atoms with Crippen LogP contribution in [-0.4, -0.2) is 55.2 Å². The first-order valence-corrected chi connectivity index (χ1v) is 12.6. The largest absolute Gasteiger partial charge is 0.379 e. The molecule has 1 aliphatic rings. The first-order valence-electron chi connectivity index (χ1n) is 10.9. The average molecular weight is 464 g/mol. The van der Waals surface area contributed by atoms with E-state index in [0.29, 0.717) is 6.54 Å². The normalized spacial score (nSPS) is 14.6. The molecule has 32 heavy (non-hydrogen) atoms. The van der Waals surface area contributed by atoms with Gasteiger partial charge >= 0.3 is 0 Å². The lowest BCUT2D eigenvalue weighted by Gasteiger charge is -2.27. The van der Waals surface area contributed by atoms with E-state index in [0.717, 1.165) is 60.5 Å². The van der Waals surface area contributed by atoms with Crippen molar-refractivity contribution in [2.75, 3.05) is 44.3 Å². The Morgan fingerprint density at radius 2 is 1.88 bits per heavy atom. The van der Waals surface area contributed by atoms with E-state index in [9.17, 15) is 4.79 Å². The van der Waals surface area contributed by atoms with Crippen LogP contribution in [0.5, 0.6) is 0 Å². The van der Waals surface area contributed by atoms with Crippen molar-refractivity contribution >= 4 is 44.5 Å². The smallest absolute Gasteiger partial charge is 0.270 e. The van der Waals surface area contributed by atoms with Crippen molar-refractivity contribution in [2.24, 2.45) is 0 Å². The summed E-state index contributed by atoms with van der Waals surface area (Å²) in [5.41, 5.74) is 1.98. The number of nitrogens with zero attached hydrogens (tertiary/aromatic N) is 3. The van der Waals surface area contributed by atoms with Crippen molar-refractivity contribution in [3.05, 3.63) is 70.2 Å². The lowest BCUT2D eigenvalue weighted by molar-refractivity contribution is 0.0376. The molecule has 0 spiro atoms. The molecule has 2 aromatic carbocycles. The summed E-state index contributed by atoms with van der Waals surface area (Å²) in [6.45, 7) is 5.11. The van der Waals surface area contributed by atoms with E-state index >= 15 is 0 Å². The van der Waals surface area contributed by atoms with E-state index in [1.165, 1.54) is 33.4 Å². The molecule has 4 aromatic rings. The van der Waals surface area contributed by atoms with E-state index in [4.69, 9.17) is 9.72 Å². The van der Waals surface area contributed by atoms with E-state index in [-0.39, 0.29) is 5.91 Å². The number of hydrogen-bond donors (Lipinski definition) is 0. The number of fused-ring (bicyclic) bond motifs is 1. The van der Waals surface area contributed by atoms with Gasteiger partial charge in [-0.05, 0) is 34.7 Å². The van der Waals surface area contributed by atoms with Gasteiger partial charge in [0.1, 0.15) is 0 Å². The minimum Gasteiger partial charge on any atom is -0.379 e. The number of hydrogen-bond acceptors (Lipinski definition) is 6. The van der Waals surface area contributed by atoms with E-state index < -0.39 is 0 Å². The molecule has 3 heterocycles. The number of thiazole rings is 1. The van der Waals surface area contributed by atoms with Crippen LogP contribution in [-0.2, 0) is 4.74 Å². The van der Waals surface area contributed by atoms with Crippen molar-refractivity contribution in [1.82, 2.24) is 9.88 Å². The SMILES string of the molecule is O=C(c1cccs1)N(CCCN1CCOCC1)c1nc(-c2ccc3ccccc3c2)cs1. The van der Waals surface area contributed by atoms with Gasteiger partial charge in [0.05, 0.1) is 23.8 Å². The third-order valence-corrected chi connectivity index (χ3v) is 7.43. The third kappa shape index (κ3) is 4.76. The summed E-state index contributed by atoms with van der Waals surface area (Å²) < 4.78 is 5.44. The highest BCUT2D eigenvalue weighted by atomic mass is 32.1. The molecule has 1 aliphatic heterocycles. The van der Waals surface area contributed by atoms with Crippen molar-refractivity contribution in [2.45, 2.75) is 6.42 Å². The van der Waals surface area contributed by atoms with Gasteiger partial charge in [-0.1, -0.05) is 42.5 Å². The summed E-state index contributed by atoms with van der Waals surface area (Å²) in [7, 11) is 0. The van der Waals surface area contributed by atoms with Crippen LogP contribution in [0.2, 0.25) is 0 Å². The molecule has 0 radical (unpaired) electrons. The molecule has 1 amide bonds. The number of benzene rings is 2. The molecule has 164 valence electrons. The summed E-state index contributed by atoms with van der Waals surface area (Å²) in [5, 5.41) is 7.16. The third-order valence-electron chi connectivity index (χ3n) is 5.71. The Hall–Kier alpha value is -2.58. The standard InChI is InChI=1S/C25H25N3O2S2/c29-24(23-7-3-16-31-23)28(11-4-10-27-12-14-30-15-13-27)25-26-22(18-32-25)21-9-8-19-5-1-2-6-20(19)17-21/h1-3,5-9,16-18H,4,10-15H2. The second kappa shape index (κ2) is 9.92. The van der Waals surface area contributed by atoms with Gasteiger partial charge in [-0.3, -0.25) is 14.6 Å². The fraction of sp³-hybridized carbons (Fsp3) is 0.280. The predicted molar refractivity (Wildman–Crippen MR) is 133 cm³/mol. The maximum atomic E-state index is 13.3. The van der Waals surface area contributed by atoms with E-state index in [1.54, 1.807) is 0 Å². The highest BCUT2D eigenvalue weighted by Crippen LogP contribution is 2.31. The number of anilines is 1. The van der Waals surface area contributed by atoms with Crippen LogP contribution >= 0.6 is 22.7 Å². The minimum atomic E-state index is 0.0291. The Labute approximate surface area is 195 Å². The number of morpholine rings is 1. The van der Waals surface area contributed by atoms with Crippen LogP contribution < -0.4 is 4.90 Å². The zero-order valence-corrected chi connectivity index (χ0v) is 19.4. The first-order chi connectivity index (χ1) is 15.8. The van der Waals surface area contributed by atoms with Gasteiger partial charge in [0.25, 0.3) is 5.91 Å². The molecule has 5 nitrogen and oxygen atoms in total. The van der Waals surface area contributed by atoms with Gasteiger partial charge in [0.15, 0.2) is 5.13 Å². The number of rotatable bonds is 7. The molecule has 0 N–H and O–H groups in total. The Kier molecular flexibility index (Phi) is 6.59. The molecule has 0 aliphatic carbocycles. The monoisotopic (exact) mass is 463 g/mol. The molecule has 0 saturated carbocycles. The zero-order chi connectivity index (χ0) is 21.8. The van der Waals surface area contributed by atoms with Crippen LogP contribution in [0.1, 0.15) is 16.1 Å². The fourth-order valence-corrected chi connectivity index (χ4v) is 5.49. The molecule has 5 rings (SSSR count). The molecule has 2 aromatic heterocycles. The van der Waals surface area contributed by atoms with Gasteiger partial charge in [-0.2, -0.15) is 0 Å². The predicted octanol–water partition coefficient (Wildman–Crippen LogP) is 5.39. The molecular formula is C25H25N3O2S2. The number of thiophene rings is 1. The summed E-state index contributed by atoms with van der Waals surface area (Å²) >= 11 is 3.01. The summed E-state index contributed by atoms with van der Waals surface area (Å²) in [5.74, 6) is 0.0291. The topological polar surface area (TPSA) is 45.7 Å². The van der Waals surface area contributed by atoms with Crippen molar-refractivity contribution in [3.8, 4) is 11.3 Å². The first kappa shape index (κ1) is 21.3. The lowest BCUT2D eigenvalue weighted by atomic mass is 10.1. The van der Waals surface area contributed by atoms with Gasteiger partial charge < -0.3 is 4.74 Å². The number of carbonyl (C=O) groups excluding carboxylic acids is 1.